The molecule has 110 valence electrons. The molecular formula is C17H14FN3O. The molecule has 0 radical (unpaired) electrons. The first-order chi connectivity index (χ1) is 10.6. The number of hydrogen-bond acceptors (Lipinski definition) is 2. The van der Waals surface area contributed by atoms with Gasteiger partial charge in [-0.05, 0) is 37.3 Å². The third-order valence-electron chi connectivity index (χ3n) is 3.19. The van der Waals surface area contributed by atoms with E-state index < -0.39 is 11.7 Å². The molecule has 0 atom stereocenters. The third-order valence-corrected chi connectivity index (χ3v) is 3.19. The van der Waals surface area contributed by atoms with Crippen molar-refractivity contribution in [1.82, 2.24) is 9.78 Å². The van der Waals surface area contributed by atoms with E-state index in [2.05, 4.69) is 10.4 Å². The van der Waals surface area contributed by atoms with E-state index in [0.717, 1.165) is 5.69 Å². The number of aryl methyl sites for hydroxylation is 1. The van der Waals surface area contributed by atoms with E-state index >= 15 is 0 Å². The topological polar surface area (TPSA) is 46.9 Å². The zero-order chi connectivity index (χ0) is 15.5. The summed E-state index contributed by atoms with van der Waals surface area (Å²) in [7, 11) is 0. The van der Waals surface area contributed by atoms with Crippen molar-refractivity contribution in [2.75, 3.05) is 5.32 Å². The summed E-state index contributed by atoms with van der Waals surface area (Å²) < 4.78 is 15.2. The summed E-state index contributed by atoms with van der Waals surface area (Å²) in [5.41, 5.74) is 1.98. The molecule has 0 unspecified atom stereocenters. The van der Waals surface area contributed by atoms with Crippen LogP contribution in [0.25, 0.3) is 5.69 Å². The first-order valence-electron chi connectivity index (χ1n) is 6.83. The highest BCUT2D eigenvalue weighted by Crippen LogP contribution is 2.17. The van der Waals surface area contributed by atoms with Crippen LogP contribution in [0.2, 0.25) is 0 Å². The molecule has 5 heteroatoms. The van der Waals surface area contributed by atoms with Crippen LogP contribution in [0.5, 0.6) is 0 Å². The number of amides is 1. The molecule has 3 rings (SSSR count). The number of anilines is 1. The lowest BCUT2D eigenvalue weighted by molar-refractivity contribution is 0.101. The van der Waals surface area contributed by atoms with E-state index in [-0.39, 0.29) is 5.69 Å². The van der Waals surface area contributed by atoms with Crippen LogP contribution < -0.4 is 5.32 Å². The fourth-order valence-electron chi connectivity index (χ4n) is 2.18. The third kappa shape index (κ3) is 2.74. The Morgan fingerprint density at radius 3 is 2.50 bits per heavy atom. The number of halogens is 1. The second kappa shape index (κ2) is 5.81. The molecular weight excluding hydrogens is 281 g/mol. The average molecular weight is 295 g/mol. The van der Waals surface area contributed by atoms with Crippen LogP contribution in [0.3, 0.4) is 0 Å². The van der Waals surface area contributed by atoms with Gasteiger partial charge in [-0.25, -0.2) is 9.07 Å². The fraction of sp³-hybridized carbons (Fsp3) is 0.0588. The number of nitrogens with one attached hydrogen (secondary N) is 1. The standard InChI is InChI=1S/C17H14FN3O/c1-12-11-16(21(20-12)13-7-3-2-4-8-13)17(22)19-15-10-6-5-9-14(15)18/h2-11H,1H3,(H,19,22). The van der Waals surface area contributed by atoms with Crippen LogP contribution >= 0.6 is 0 Å². The first kappa shape index (κ1) is 14.0. The minimum Gasteiger partial charge on any atom is -0.318 e. The molecule has 4 nitrogen and oxygen atoms in total. The van der Waals surface area contributed by atoms with Crippen molar-refractivity contribution in [3.05, 3.63) is 77.9 Å². The van der Waals surface area contributed by atoms with Gasteiger partial charge < -0.3 is 5.32 Å². The zero-order valence-electron chi connectivity index (χ0n) is 12.0. The van der Waals surface area contributed by atoms with Gasteiger partial charge in [0.05, 0.1) is 17.1 Å². The predicted octanol–water partition coefficient (Wildman–Crippen LogP) is 3.57. The van der Waals surface area contributed by atoms with Gasteiger partial charge in [0.25, 0.3) is 5.91 Å². The molecule has 1 heterocycles. The van der Waals surface area contributed by atoms with Gasteiger partial charge in [0.1, 0.15) is 11.5 Å². The molecule has 0 spiro atoms. The highest BCUT2D eigenvalue weighted by molar-refractivity contribution is 6.03. The zero-order valence-corrected chi connectivity index (χ0v) is 12.0. The number of para-hydroxylation sites is 2. The van der Waals surface area contributed by atoms with Gasteiger partial charge in [0.15, 0.2) is 0 Å². The van der Waals surface area contributed by atoms with E-state index in [1.807, 2.05) is 30.3 Å². The first-order valence-corrected chi connectivity index (χ1v) is 6.83. The van der Waals surface area contributed by atoms with Gasteiger partial charge in [-0.1, -0.05) is 30.3 Å². The summed E-state index contributed by atoms with van der Waals surface area (Å²) in [5, 5.41) is 6.90. The lowest BCUT2D eigenvalue weighted by atomic mass is 10.2. The van der Waals surface area contributed by atoms with Crippen LogP contribution in [0, 0.1) is 12.7 Å². The van der Waals surface area contributed by atoms with Crippen LogP contribution in [0.15, 0.2) is 60.7 Å². The van der Waals surface area contributed by atoms with Gasteiger partial charge in [-0.15, -0.1) is 0 Å². The number of aromatic nitrogens is 2. The van der Waals surface area contributed by atoms with E-state index in [9.17, 15) is 9.18 Å². The quantitative estimate of drug-likeness (QED) is 0.803. The summed E-state index contributed by atoms with van der Waals surface area (Å²) >= 11 is 0. The molecule has 1 aromatic heterocycles. The molecule has 0 aliphatic heterocycles. The largest absolute Gasteiger partial charge is 0.318 e. The molecule has 0 aliphatic carbocycles. The van der Waals surface area contributed by atoms with Crippen molar-refractivity contribution in [3.8, 4) is 5.69 Å². The number of nitrogens with zero attached hydrogens (tertiary/aromatic N) is 2. The Kier molecular flexibility index (Phi) is 3.70. The minimum absolute atomic E-state index is 0.144. The molecule has 0 fully saturated rings. The van der Waals surface area contributed by atoms with Gasteiger partial charge >= 0.3 is 0 Å². The summed E-state index contributed by atoms with van der Waals surface area (Å²) in [6.07, 6.45) is 0. The maximum atomic E-state index is 13.7. The van der Waals surface area contributed by atoms with Crippen LogP contribution in [0.1, 0.15) is 16.2 Å². The van der Waals surface area contributed by atoms with Gasteiger partial charge in [0, 0.05) is 0 Å². The Hall–Kier alpha value is -2.95. The SMILES string of the molecule is Cc1cc(C(=O)Nc2ccccc2F)n(-c2ccccc2)n1. The van der Waals surface area contributed by atoms with Crippen molar-refractivity contribution >= 4 is 11.6 Å². The summed E-state index contributed by atoms with van der Waals surface area (Å²) in [4.78, 5) is 12.4. The summed E-state index contributed by atoms with van der Waals surface area (Å²) in [6.45, 7) is 1.80. The molecule has 0 aliphatic rings. The normalized spacial score (nSPS) is 10.5. The predicted molar refractivity (Wildman–Crippen MR) is 82.7 cm³/mol. The smallest absolute Gasteiger partial charge is 0.274 e. The maximum absolute atomic E-state index is 13.7. The Labute approximate surface area is 127 Å². The minimum atomic E-state index is -0.474. The van der Waals surface area contributed by atoms with Crippen LogP contribution in [-0.2, 0) is 0 Å². The van der Waals surface area contributed by atoms with Crippen LogP contribution in [-0.4, -0.2) is 15.7 Å². The fourth-order valence-corrected chi connectivity index (χ4v) is 2.18. The van der Waals surface area contributed by atoms with Gasteiger partial charge in [0.2, 0.25) is 0 Å². The van der Waals surface area contributed by atoms with Crippen molar-refractivity contribution in [2.24, 2.45) is 0 Å². The van der Waals surface area contributed by atoms with Gasteiger partial charge in [-0.3, -0.25) is 4.79 Å². The second-order valence-electron chi connectivity index (χ2n) is 4.85. The molecule has 1 N–H and O–H groups in total. The Balaban J connectivity index is 1.95. The van der Waals surface area contributed by atoms with Crippen molar-refractivity contribution < 1.29 is 9.18 Å². The molecule has 0 bridgehead atoms. The second-order valence-corrected chi connectivity index (χ2v) is 4.85. The Morgan fingerprint density at radius 1 is 1.09 bits per heavy atom. The van der Waals surface area contributed by atoms with E-state index in [1.165, 1.54) is 12.1 Å². The number of rotatable bonds is 3. The maximum Gasteiger partial charge on any atom is 0.274 e. The number of carbonyl (C=O) groups excluding carboxylic acids is 1. The van der Waals surface area contributed by atoms with E-state index in [4.69, 9.17) is 0 Å². The van der Waals surface area contributed by atoms with Crippen molar-refractivity contribution in [2.45, 2.75) is 6.92 Å². The van der Waals surface area contributed by atoms with Crippen molar-refractivity contribution in [1.29, 1.82) is 0 Å². The molecule has 22 heavy (non-hydrogen) atoms. The molecule has 0 saturated carbocycles. The molecule has 2 aromatic carbocycles. The lowest BCUT2D eigenvalue weighted by Crippen LogP contribution is -2.17. The Morgan fingerprint density at radius 2 is 1.77 bits per heavy atom. The number of hydrogen-bond donors (Lipinski definition) is 1. The lowest BCUT2D eigenvalue weighted by Gasteiger charge is -2.08. The van der Waals surface area contributed by atoms with Crippen LogP contribution in [0.4, 0.5) is 10.1 Å². The average Bonchev–Trinajstić information content (AvgIpc) is 2.92. The Bertz CT molecular complexity index is 812. The highest BCUT2D eigenvalue weighted by Gasteiger charge is 2.16. The summed E-state index contributed by atoms with van der Waals surface area (Å²) in [6, 6.07) is 17.1. The number of carbonyl (C=O) groups is 1. The van der Waals surface area contributed by atoms with E-state index in [1.54, 1.807) is 29.8 Å². The molecule has 0 saturated heterocycles. The summed E-state index contributed by atoms with van der Waals surface area (Å²) in [5.74, 6) is -0.882. The van der Waals surface area contributed by atoms with Gasteiger partial charge in [-0.2, -0.15) is 5.10 Å². The number of benzene rings is 2. The van der Waals surface area contributed by atoms with Crippen molar-refractivity contribution in [3.63, 3.8) is 0 Å². The highest BCUT2D eigenvalue weighted by atomic mass is 19.1. The molecule has 1 amide bonds. The monoisotopic (exact) mass is 295 g/mol. The van der Waals surface area contributed by atoms with E-state index in [0.29, 0.717) is 11.4 Å². The molecule has 3 aromatic rings.